The van der Waals surface area contributed by atoms with Crippen LogP contribution in [0.25, 0.3) is 5.57 Å². The van der Waals surface area contributed by atoms with E-state index in [0.717, 1.165) is 38.5 Å². The summed E-state index contributed by atoms with van der Waals surface area (Å²) in [7, 11) is 0. The Labute approximate surface area is 256 Å². The van der Waals surface area contributed by atoms with Gasteiger partial charge in [-0.2, -0.15) is 0 Å². The molecule has 1 aliphatic rings. The molecule has 0 bridgehead atoms. The molecule has 2 unspecified atom stereocenters. The van der Waals surface area contributed by atoms with Crippen LogP contribution in [0.1, 0.15) is 139 Å². The summed E-state index contributed by atoms with van der Waals surface area (Å²) in [6, 6.07) is 17.2. The van der Waals surface area contributed by atoms with Crippen molar-refractivity contribution < 1.29 is 9.53 Å². The summed E-state index contributed by atoms with van der Waals surface area (Å²) >= 11 is 0. The zero-order valence-corrected chi connectivity index (χ0v) is 27.4. The molecule has 0 aliphatic heterocycles. The summed E-state index contributed by atoms with van der Waals surface area (Å²) in [4.78, 5) is 13.2. The van der Waals surface area contributed by atoms with Gasteiger partial charge in [-0.15, -0.1) is 6.58 Å². The molecule has 0 N–H and O–H groups in total. The summed E-state index contributed by atoms with van der Waals surface area (Å²) in [5, 5.41) is 0. The molecule has 1 aliphatic carbocycles. The molecular formula is C40H54O2. The Hall–Kier alpha value is -3.13. The maximum Gasteiger partial charge on any atom is 0.338 e. The molecule has 42 heavy (non-hydrogen) atoms. The molecule has 226 valence electrons. The van der Waals surface area contributed by atoms with Crippen LogP contribution in [0.5, 0.6) is 0 Å². The van der Waals surface area contributed by atoms with E-state index in [0.29, 0.717) is 5.56 Å². The molecule has 2 aromatic carbocycles. The van der Waals surface area contributed by atoms with Gasteiger partial charge in [0.2, 0.25) is 0 Å². The maximum absolute atomic E-state index is 13.2. The first-order valence-electron chi connectivity index (χ1n) is 16.1. The van der Waals surface area contributed by atoms with E-state index in [9.17, 15) is 4.79 Å². The number of hydrogen-bond acceptors (Lipinski definition) is 2. The zero-order chi connectivity index (χ0) is 30.8. The Morgan fingerprint density at radius 3 is 2.36 bits per heavy atom. The van der Waals surface area contributed by atoms with Crippen molar-refractivity contribution in [3.05, 3.63) is 113 Å². The molecule has 0 heterocycles. The molecule has 2 heteroatoms. The zero-order valence-electron chi connectivity index (χ0n) is 27.4. The minimum atomic E-state index is -0.539. The van der Waals surface area contributed by atoms with Gasteiger partial charge in [0, 0.05) is 11.3 Å². The second-order valence-electron chi connectivity index (χ2n) is 13.1. The number of benzene rings is 2. The minimum absolute atomic E-state index is 0.152. The van der Waals surface area contributed by atoms with Gasteiger partial charge >= 0.3 is 5.97 Å². The average molecular weight is 567 g/mol. The smallest absolute Gasteiger partial charge is 0.338 e. The van der Waals surface area contributed by atoms with Crippen LogP contribution in [0.4, 0.5) is 0 Å². The van der Waals surface area contributed by atoms with Crippen molar-refractivity contribution in [2.75, 3.05) is 0 Å². The number of fused-ring (bicyclic) bond motifs is 1. The number of rotatable bonds is 15. The van der Waals surface area contributed by atoms with Gasteiger partial charge in [0.15, 0.2) is 0 Å². The molecule has 0 saturated heterocycles. The van der Waals surface area contributed by atoms with Crippen LogP contribution in [0.15, 0.2) is 90.6 Å². The third-order valence-corrected chi connectivity index (χ3v) is 8.75. The van der Waals surface area contributed by atoms with Crippen molar-refractivity contribution in [3.63, 3.8) is 0 Å². The lowest BCUT2D eigenvalue weighted by Crippen LogP contribution is -2.31. The SMILES string of the molecule is C=CCCC/C(=C/C)CCC(C)(c1ccccc1)C1C(C)=C(/C=C\CCCCC)c2ccc(C(=O)OC(C)(C)C)cc21. The first-order chi connectivity index (χ1) is 20.1. The van der Waals surface area contributed by atoms with Gasteiger partial charge in [0.1, 0.15) is 5.60 Å². The van der Waals surface area contributed by atoms with Crippen molar-refractivity contribution in [1.29, 1.82) is 0 Å². The predicted octanol–water partition coefficient (Wildman–Crippen LogP) is 11.7. The number of hydrogen-bond donors (Lipinski definition) is 0. The molecule has 0 saturated carbocycles. The van der Waals surface area contributed by atoms with Crippen molar-refractivity contribution >= 4 is 11.5 Å². The third-order valence-electron chi connectivity index (χ3n) is 8.75. The van der Waals surface area contributed by atoms with Crippen molar-refractivity contribution in [3.8, 4) is 0 Å². The third kappa shape index (κ3) is 8.46. The quantitative estimate of drug-likeness (QED) is 0.122. The average Bonchev–Trinajstić information content (AvgIpc) is 3.24. The van der Waals surface area contributed by atoms with Gasteiger partial charge in [-0.3, -0.25) is 0 Å². The highest BCUT2D eigenvalue weighted by Gasteiger charge is 2.43. The monoisotopic (exact) mass is 566 g/mol. The number of esters is 1. The normalized spacial score (nSPS) is 16.9. The number of allylic oxidation sites excluding steroid dienone is 7. The van der Waals surface area contributed by atoms with Gasteiger partial charge in [-0.05, 0) is 114 Å². The molecule has 2 nitrogen and oxygen atoms in total. The first-order valence-corrected chi connectivity index (χ1v) is 16.1. The Bertz CT molecular complexity index is 1280. The van der Waals surface area contributed by atoms with Crippen molar-refractivity contribution in [1.82, 2.24) is 0 Å². The standard InChI is InChI=1S/C40H54O2/c1-9-12-14-15-20-24-34-30(4)37(36-29-32(25-26-35(34)36)38(41)42-39(5,6)7)40(8,33-22-18-16-19-23-33)28-27-31(11-3)21-17-13-10-2/h10-11,16,18-20,22-26,29,37H,2,9,12-15,17,21,27-28H2,1,3-8H3/b24-20-,31-11-. The van der Waals surface area contributed by atoms with E-state index < -0.39 is 5.60 Å². The van der Waals surface area contributed by atoms with E-state index >= 15 is 0 Å². The molecule has 2 aromatic rings. The summed E-state index contributed by atoms with van der Waals surface area (Å²) in [5.74, 6) is -0.107. The maximum atomic E-state index is 13.2. The second-order valence-corrected chi connectivity index (χ2v) is 13.1. The summed E-state index contributed by atoms with van der Waals surface area (Å²) in [5.41, 5.74) is 7.97. The molecule has 0 fully saturated rings. The Kier molecular flexibility index (Phi) is 12.2. The van der Waals surface area contributed by atoms with Crippen LogP contribution in [0, 0.1) is 0 Å². The number of carbonyl (C=O) groups is 1. The van der Waals surface area contributed by atoms with Gasteiger partial charge < -0.3 is 4.74 Å². The molecule has 0 spiro atoms. The lowest BCUT2D eigenvalue weighted by Gasteiger charge is -2.39. The molecule has 0 aromatic heterocycles. The van der Waals surface area contributed by atoms with Crippen molar-refractivity contribution in [2.24, 2.45) is 0 Å². The number of carbonyl (C=O) groups excluding carboxylic acids is 1. The van der Waals surface area contributed by atoms with E-state index in [2.05, 4.69) is 95.0 Å². The fourth-order valence-corrected chi connectivity index (χ4v) is 6.45. The molecule has 2 atom stereocenters. The van der Waals surface area contributed by atoms with Crippen LogP contribution >= 0.6 is 0 Å². The Morgan fingerprint density at radius 1 is 0.976 bits per heavy atom. The van der Waals surface area contributed by atoms with Gasteiger partial charge in [-0.1, -0.05) is 98.5 Å². The van der Waals surface area contributed by atoms with Crippen LogP contribution in [-0.2, 0) is 10.2 Å². The van der Waals surface area contributed by atoms with E-state index in [1.807, 2.05) is 32.9 Å². The molecule has 3 rings (SSSR count). The van der Waals surface area contributed by atoms with Gasteiger partial charge in [-0.25, -0.2) is 4.79 Å². The summed E-state index contributed by atoms with van der Waals surface area (Å²) in [6.45, 7) is 18.9. The van der Waals surface area contributed by atoms with E-state index in [1.165, 1.54) is 52.7 Å². The first kappa shape index (κ1) is 33.4. The molecule has 0 radical (unpaired) electrons. The highest BCUT2D eigenvalue weighted by Crippen LogP contribution is 2.54. The van der Waals surface area contributed by atoms with E-state index in [1.54, 1.807) is 0 Å². The van der Waals surface area contributed by atoms with E-state index in [4.69, 9.17) is 4.74 Å². The predicted molar refractivity (Wildman–Crippen MR) is 181 cm³/mol. The summed E-state index contributed by atoms with van der Waals surface area (Å²) in [6.07, 6.45) is 19.2. The number of unbranched alkanes of at least 4 members (excludes halogenated alkanes) is 4. The lowest BCUT2D eigenvalue weighted by atomic mass is 9.64. The van der Waals surface area contributed by atoms with Gasteiger partial charge in [0.05, 0.1) is 5.56 Å². The molecular weight excluding hydrogens is 512 g/mol. The fraction of sp³-hybridized carbons (Fsp3) is 0.475. The highest BCUT2D eigenvalue weighted by molar-refractivity contribution is 5.93. The fourth-order valence-electron chi connectivity index (χ4n) is 6.45. The van der Waals surface area contributed by atoms with Crippen LogP contribution in [0.2, 0.25) is 0 Å². The molecule has 0 amide bonds. The number of ether oxygens (including phenoxy) is 1. The largest absolute Gasteiger partial charge is 0.456 e. The van der Waals surface area contributed by atoms with Crippen LogP contribution < -0.4 is 0 Å². The Morgan fingerprint density at radius 2 is 1.71 bits per heavy atom. The van der Waals surface area contributed by atoms with Crippen LogP contribution in [0.3, 0.4) is 0 Å². The lowest BCUT2D eigenvalue weighted by molar-refractivity contribution is 0.00693. The topological polar surface area (TPSA) is 26.3 Å². The highest BCUT2D eigenvalue weighted by atomic mass is 16.6. The minimum Gasteiger partial charge on any atom is -0.456 e. The summed E-state index contributed by atoms with van der Waals surface area (Å²) < 4.78 is 5.80. The van der Waals surface area contributed by atoms with E-state index in [-0.39, 0.29) is 17.3 Å². The second kappa shape index (κ2) is 15.4. The Balaban J connectivity index is 2.12. The van der Waals surface area contributed by atoms with Crippen LogP contribution in [-0.4, -0.2) is 11.6 Å². The van der Waals surface area contributed by atoms with Crippen molar-refractivity contribution in [2.45, 2.75) is 123 Å². The van der Waals surface area contributed by atoms with Gasteiger partial charge in [0.25, 0.3) is 0 Å².